The van der Waals surface area contributed by atoms with Gasteiger partial charge in [-0.1, -0.05) is 42.5 Å². The molecule has 0 aliphatic heterocycles. The van der Waals surface area contributed by atoms with E-state index in [2.05, 4.69) is 6.58 Å². The largest absolute Gasteiger partial charge is 0.443 e. The Hall–Kier alpha value is -1.77. The van der Waals surface area contributed by atoms with Crippen LogP contribution in [0.3, 0.4) is 0 Å². The van der Waals surface area contributed by atoms with Crippen molar-refractivity contribution in [2.45, 2.75) is 32.3 Å². The van der Waals surface area contributed by atoms with Gasteiger partial charge in [0.15, 0.2) is 0 Å². The van der Waals surface area contributed by atoms with Crippen LogP contribution in [0.5, 0.6) is 0 Å². The fourth-order valence-corrected chi connectivity index (χ4v) is 2.24. The van der Waals surface area contributed by atoms with E-state index in [1.54, 1.807) is 0 Å². The Balaban J connectivity index is 3.10. The number of hydrogen-bond acceptors (Lipinski definition) is 2. The molecule has 1 aromatic rings. The molecule has 1 amide bonds. The Morgan fingerprint density at radius 3 is 2.29 bits per heavy atom. The van der Waals surface area contributed by atoms with E-state index in [4.69, 9.17) is 10.5 Å². The summed E-state index contributed by atoms with van der Waals surface area (Å²) in [5, 5.41) is 0. The van der Waals surface area contributed by atoms with Crippen molar-refractivity contribution in [3.63, 3.8) is 0 Å². The van der Waals surface area contributed by atoms with E-state index in [-0.39, 0.29) is 5.92 Å². The number of carbonyl (C=O) groups excluding carboxylic acids is 1. The highest BCUT2D eigenvalue weighted by atomic mass is 16.6. The van der Waals surface area contributed by atoms with Gasteiger partial charge in [0.1, 0.15) is 5.60 Å². The first-order chi connectivity index (χ1) is 7.84. The van der Waals surface area contributed by atoms with Crippen LogP contribution in [-0.4, -0.2) is 11.7 Å². The number of benzene rings is 1. The van der Waals surface area contributed by atoms with E-state index in [0.29, 0.717) is 0 Å². The summed E-state index contributed by atoms with van der Waals surface area (Å²) in [4.78, 5) is 10.9. The predicted octanol–water partition coefficient (Wildman–Crippen LogP) is 3.22. The summed E-state index contributed by atoms with van der Waals surface area (Å²) in [5.74, 6) is -0.0730. The predicted molar refractivity (Wildman–Crippen MR) is 68.7 cm³/mol. The lowest BCUT2D eigenvalue weighted by Gasteiger charge is -2.34. The molecule has 17 heavy (non-hydrogen) atoms. The van der Waals surface area contributed by atoms with E-state index in [9.17, 15) is 4.79 Å². The number of primary amides is 1. The molecule has 1 atom stereocenters. The summed E-state index contributed by atoms with van der Waals surface area (Å²) in [6.45, 7) is 9.57. The van der Waals surface area contributed by atoms with Gasteiger partial charge in [-0.3, -0.25) is 0 Å². The van der Waals surface area contributed by atoms with Gasteiger partial charge in [0.25, 0.3) is 0 Å². The highest BCUT2D eigenvalue weighted by molar-refractivity contribution is 5.65. The van der Waals surface area contributed by atoms with Crippen LogP contribution < -0.4 is 5.73 Å². The van der Waals surface area contributed by atoms with Crippen LogP contribution in [0.4, 0.5) is 4.79 Å². The van der Waals surface area contributed by atoms with Gasteiger partial charge in [-0.05, 0) is 26.3 Å². The molecule has 0 aliphatic rings. The van der Waals surface area contributed by atoms with Crippen molar-refractivity contribution in [1.82, 2.24) is 0 Å². The number of amides is 1. The van der Waals surface area contributed by atoms with Crippen molar-refractivity contribution in [2.75, 3.05) is 0 Å². The summed E-state index contributed by atoms with van der Waals surface area (Å²) in [6, 6.07) is 9.83. The van der Waals surface area contributed by atoms with Gasteiger partial charge < -0.3 is 10.5 Å². The van der Waals surface area contributed by atoms with Crippen molar-refractivity contribution in [1.29, 1.82) is 0 Å². The van der Waals surface area contributed by atoms with Gasteiger partial charge in [-0.25, -0.2) is 4.79 Å². The lowest BCUT2D eigenvalue weighted by atomic mass is 9.80. The number of ether oxygens (including phenoxy) is 1. The molecule has 0 fully saturated rings. The molecule has 0 aromatic heterocycles. The molecule has 3 heteroatoms. The molecule has 2 N–H and O–H groups in total. The molecule has 0 radical (unpaired) electrons. The maximum Gasteiger partial charge on any atom is 0.405 e. The molecule has 1 aromatic carbocycles. The quantitative estimate of drug-likeness (QED) is 0.812. The molecular formula is C14H19NO2. The van der Waals surface area contributed by atoms with Gasteiger partial charge >= 0.3 is 6.09 Å². The highest BCUT2D eigenvalue weighted by Gasteiger charge is 2.34. The van der Waals surface area contributed by atoms with E-state index in [1.165, 1.54) is 0 Å². The van der Waals surface area contributed by atoms with Gasteiger partial charge in [0.05, 0.1) is 0 Å². The second-order valence-corrected chi connectivity index (χ2v) is 4.71. The summed E-state index contributed by atoms with van der Waals surface area (Å²) in [5.41, 5.74) is 6.39. The van der Waals surface area contributed by atoms with Crippen LogP contribution in [0.25, 0.3) is 0 Å². The monoisotopic (exact) mass is 233 g/mol. The number of hydrogen-bond donors (Lipinski definition) is 1. The molecule has 3 nitrogen and oxygen atoms in total. The molecule has 0 aliphatic carbocycles. The first kappa shape index (κ1) is 13.3. The Labute approximate surface area is 102 Å². The SMILES string of the molecule is C=C(C)C(c1ccccc1)C(C)(C)OC(N)=O. The third-order valence-electron chi connectivity index (χ3n) is 2.68. The Bertz CT molecular complexity index is 409. The van der Waals surface area contributed by atoms with Crippen molar-refractivity contribution in [2.24, 2.45) is 5.73 Å². The maximum atomic E-state index is 10.9. The standard InChI is InChI=1S/C14H19NO2/c1-10(2)12(11-8-6-5-7-9-11)14(3,4)17-13(15)16/h5-9,12H,1H2,2-4H3,(H2,15,16). The zero-order valence-corrected chi connectivity index (χ0v) is 10.6. The molecule has 0 heterocycles. The minimum absolute atomic E-state index is 0.0730. The van der Waals surface area contributed by atoms with Crippen LogP contribution in [-0.2, 0) is 4.74 Å². The average Bonchev–Trinajstić information content (AvgIpc) is 2.15. The smallest absolute Gasteiger partial charge is 0.405 e. The van der Waals surface area contributed by atoms with Gasteiger partial charge in [0.2, 0.25) is 0 Å². The zero-order chi connectivity index (χ0) is 13.1. The molecular weight excluding hydrogens is 214 g/mol. The van der Waals surface area contributed by atoms with Crippen LogP contribution in [0.2, 0.25) is 0 Å². The average molecular weight is 233 g/mol. The highest BCUT2D eigenvalue weighted by Crippen LogP contribution is 2.36. The van der Waals surface area contributed by atoms with E-state index in [1.807, 2.05) is 51.1 Å². The topological polar surface area (TPSA) is 52.3 Å². The van der Waals surface area contributed by atoms with E-state index >= 15 is 0 Å². The lowest BCUT2D eigenvalue weighted by Crippen LogP contribution is -2.37. The number of nitrogens with two attached hydrogens (primary N) is 1. The number of carbonyl (C=O) groups is 1. The Morgan fingerprint density at radius 1 is 1.35 bits per heavy atom. The Kier molecular flexibility index (Phi) is 3.94. The molecule has 0 spiro atoms. The third-order valence-corrected chi connectivity index (χ3v) is 2.68. The summed E-state index contributed by atoms with van der Waals surface area (Å²) >= 11 is 0. The summed E-state index contributed by atoms with van der Waals surface area (Å²) in [7, 11) is 0. The normalized spacial score (nSPS) is 12.9. The van der Waals surface area contributed by atoms with E-state index < -0.39 is 11.7 Å². The van der Waals surface area contributed by atoms with Crippen molar-refractivity contribution < 1.29 is 9.53 Å². The molecule has 0 saturated heterocycles. The lowest BCUT2D eigenvalue weighted by molar-refractivity contribution is 0.0324. The first-order valence-corrected chi connectivity index (χ1v) is 5.53. The number of rotatable bonds is 4. The summed E-state index contributed by atoms with van der Waals surface area (Å²) in [6.07, 6.45) is -0.766. The van der Waals surface area contributed by atoms with Gasteiger partial charge in [-0.2, -0.15) is 0 Å². The van der Waals surface area contributed by atoms with E-state index in [0.717, 1.165) is 11.1 Å². The van der Waals surface area contributed by atoms with Gasteiger partial charge in [0, 0.05) is 5.92 Å². The molecule has 1 rings (SSSR count). The fourth-order valence-electron chi connectivity index (χ4n) is 2.24. The van der Waals surface area contributed by atoms with Crippen LogP contribution >= 0.6 is 0 Å². The van der Waals surface area contributed by atoms with Crippen LogP contribution in [0.15, 0.2) is 42.5 Å². The van der Waals surface area contributed by atoms with Crippen molar-refractivity contribution in [3.05, 3.63) is 48.0 Å². The minimum atomic E-state index is -0.766. The summed E-state index contributed by atoms with van der Waals surface area (Å²) < 4.78 is 5.19. The van der Waals surface area contributed by atoms with Crippen LogP contribution in [0, 0.1) is 0 Å². The maximum absolute atomic E-state index is 10.9. The third kappa shape index (κ3) is 3.34. The van der Waals surface area contributed by atoms with Crippen molar-refractivity contribution in [3.8, 4) is 0 Å². The first-order valence-electron chi connectivity index (χ1n) is 5.53. The molecule has 0 saturated carbocycles. The molecule has 1 unspecified atom stereocenters. The fraction of sp³-hybridized carbons (Fsp3) is 0.357. The van der Waals surface area contributed by atoms with Crippen molar-refractivity contribution >= 4 is 6.09 Å². The zero-order valence-electron chi connectivity index (χ0n) is 10.6. The second kappa shape index (κ2) is 5.04. The minimum Gasteiger partial charge on any atom is -0.443 e. The van der Waals surface area contributed by atoms with Crippen LogP contribution in [0.1, 0.15) is 32.3 Å². The Morgan fingerprint density at radius 2 is 1.88 bits per heavy atom. The molecule has 92 valence electrons. The molecule has 0 bridgehead atoms. The second-order valence-electron chi connectivity index (χ2n) is 4.71. The van der Waals surface area contributed by atoms with Gasteiger partial charge in [-0.15, -0.1) is 0 Å².